The SMILES string of the molecule is O=C(O)c1cc2n(n1)CCC(C1CCOC1)O2. The van der Waals surface area contributed by atoms with Crippen LogP contribution in [0.5, 0.6) is 5.88 Å². The van der Waals surface area contributed by atoms with E-state index in [9.17, 15) is 4.79 Å². The van der Waals surface area contributed by atoms with Crippen LogP contribution in [-0.4, -0.2) is 40.2 Å². The lowest BCUT2D eigenvalue weighted by atomic mass is 9.98. The third-order valence-electron chi connectivity index (χ3n) is 3.35. The van der Waals surface area contributed by atoms with Crippen LogP contribution in [0.1, 0.15) is 23.3 Å². The summed E-state index contributed by atoms with van der Waals surface area (Å²) in [6.45, 7) is 2.25. The second kappa shape index (κ2) is 4.03. The molecule has 2 unspecified atom stereocenters. The molecule has 17 heavy (non-hydrogen) atoms. The molecule has 0 bridgehead atoms. The number of ether oxygens (including phenoxy) is 2. The number of nitrogens with zero attached hydrogens (tertiary/aromatic N) is 2. The second-order valence-corrected chi connectivity index (χ2v) is 4.46. The summed E-state index contributed by atoms with van der Waals surface area (Å²) in [5.41, 5.74) is 0.0447. The summed E-state index contributed by atoms with van der Waals surface area (Å²) in [4.78, 5) is 10.8. The Hall–Kier alpha value is -1.56. The largest absolute Gasteiger partial charge is 0.476 e. The molecule has 0 aromatic carbocycles. The van der Waals surface area contributed by atoms with Crippen molar-refractivity contribution in [3.63, 3.8) is 0 Å². The summed E-state index contributed by atoms with van der Waals surface area (Å²) in [5.74, 6) is -0.0336. The molecule has 2 aliphatic heterocycles. The third kappa shape index (κ3) is 1.88. The van der Waals surface area contributed by atoms with Gasteiger partial charge in [-0.15, -0.1) is 0 Å². The summed E-state index contributed by atoms with van der Waals surface area (Å²) < 4.78 is 12.8. The molecule has 1 aromatic rings. The molecule has 0 amide bonds. The van der Waals surface area contributed by atoms with Gasteiger partial charge >= 0.3 is 5.97 Å². The first-order chi connectivity index (χ1) is 8.24. The van der Waals surface area contributed by atoms with Crippen molar-refractivity contribution in [1.82, 2.24) is 9.78 Å². The Morgan fingerprint density at radius 2 is 2.41 bits per heavy atom. The van der Waals surface area contributed by atoms with Crippen LogP contribution in [0, 0.1) is 5.92 Å². The van der Waals surface area contributed by atoms with E-state index in [-0.39, 0.29) is 11.8 Å². The number of hydrogen-bond donors (Lipinski definition) is 1. The van der Waals surface area contributed by atoms with E-state index in [0.717, 1.165) is 26.1 Å². The molecule has 1 aromatic heterocycles. The first-order valence-electron chi connectivity index (χ1n) is 5.79. The fourth-order valence-electron chi connectivity index (χ4n) is 2.40. The number of aromatic nitrogens is 2. The van der Waals surface area contributed by atoms with Crippen molar-refractivity contribution in [1.29, 1.82) is 0 Å². The van der Waals surface area contributed by atoms with Crippen molar-refractivity contribution in [2.75, 3.05) is 13.2 Å². The van der Waals surface area contributed by atoms with E-state index in [2.05, 4.69) is 5.10 Å². The number of aryl methyl sites for hydroxylation is 1. The van der Waals surface area contributed by atoms with E-state index in [0.29, 0.717) is 18.3 Å². The van der Waals surface area contributed by atoms with Crippen molar-refractivity contribution < 1.29 is 19.4 Å². The molecule has 2 atom stereocenters. The fourth-order valence-corrected chi connectivity index (χ4v) is 2.40. The van der Waals surface area contributed by atoms with Gasteiger partial charge in [0.1, 0.15) is 6.10 Å². The molecule has 2 aliphatic rings. The molecule has 1 N–H and O–H groups in total. The first kappa shape index (κ1) is 10.6. The Morgan fingerprint density at radius 3 is 3.12 bits per heavy atom. The van der Waals surface area contributed by atoms with Gasteiger partial charge in [-0.1, -0.05) is 0 Å². The first-order valence-corrected chi connectivity index (χ1v) is 5.79. The molecule has 0 radical (unpaired) electrons. The van der Waals surface area contributed by atoms with Crippen LogP contribution >= 0.6 is 0 Å². The maximum atomic E-state index is 10.8. The predicted molar refractivity (Wildman–Crippen MR) is 57.1 cm³/mol. The third-order valence-corrected chi connectivity index (χ3v) is 3.35. The van der Waals surface area contributed by atoms with Crippen LogP contribution < -0.4 is 4.74 Å². The van der Waals surface area contributed by atoms with Gasteiger partial charge in [0.2, 0.25) is 5.88 Å². The van der Waals surface area contributed by atoms with Crippen molar-refractivity contribution in [3.8, 4) is 5.88 Å². The molecule has 6 heteroatoms. The zero-order valence-corrected chi connectivity index (χ0v) is 9.33. The monoisotopic (exact) mass is 238 g/mol. The highest BCUT2D eigenvalue weighted by atomic mass is 16.5. The van der Waals surface area contributed by atoms with Crippen LogP contribution in [-0.2, 0) is 11.3 Å². The number of aromatic carboxylic acids is 1. The standard InChI is InChI=1S/C11H14N2O4/c14-11(15)8-5-10-13(12-8)3-1-9(17-10)7-2-4-16-6-7/h5,7,9H,1-4,6H2,(H,14,15). The van der Waals surface area contributed by atoms with E-state index in [4.69, 9.17) is 14.6 Å². The van der Waals surface area contributed by atoms with Crippen LogP contribution in [0.15, 0.2) is 6.07 Å². The van der Waals surface area contributed by atoms with Crippen molar-refractivity contribution in [2.24, 2.45) is 5.92 Å². The zero-order valence-electron chi connectivity index (χ0n) is 9.33. The molecule has 0 aliphatic carbocycles. The Bertz CT molecular complexity index is 437. The molecular weight excluding hydrogens is 224 g/mol. The van der Waals surface area contributed by atoms with E-state index >= 15 is 0 Å². The van der Waals surface area contributed by atoms with Gasteiger partial charge in [-0.2, -0.15) is 5.10 Å². The molecule has 6 nitrogen and oxygen atoms in total. The number of hydrogen-bond acceptors (Lipinski definition) is 4. The summed E-state index contributed by atoms with van der Waals surface area (Å²) >= 11 is 0. The topological polar surface area (TPSA) is 73.6 Å². The molecule has 3 heterocycles. The minimum Gasteiger partial charge on any atom is -0.476 e. The summed E-state index contributed by atoms with van der Waals surface area (Å²) in [5, 5.41) is 12.8. The molecule has 0 spiro atoms. The average Bonchev–Trinajstić information content (AvgIpc) is 2.97. The van der Waals surface area contributed by atoms with Crippen molar-refractivity contribution in [3.05, 3.63) is 11.8 Å². The smallest absolute Gasteiger partial charge is 0.356 e. The van der Waals surface area contributed by atoms with E-state index in [1.165, 1.54) is 6.07 Å². The number of carboxylic acids is 1. The molecule has 0 saturated carbocycles. The van der Waals surface area contributed by atoms with Crippen LogP contribution in [0.2, 0.25) is 0 Å². The van der Waals surface area contributed by atoms with Gasteiger partial charge in [-0.25, -0.2) is 9.48 Å². The highest BCUT2D eigenvalue weighted by Gasteiger charge is 2.31. The Labute approximate surface area is 98.1 Å². The number of fused-ring (bicyclic) bond motifs is 1. The molecule has 3 rings (SSSR count). The van der Waals surface area contributed by atoms with Crippen LogP contribution in [0.3, 0.4) is 0 Å². The minimum atomic E-state index is -1.02. The number of carboxylic acid groups (broad SMARTS) is 1. The van der Waals surface area contributed by atoms with Gasteiger partial charge in [-0.05, 0) is 6.42 Å². The highest BCUT2D eigenvalue weighted by Crippen LogP contribution is 2.29. The summed E-state index contributed by atoms with van der Waals surface area (Å²) in [6, 6.07) is 1.49. The Kier molecular flexibility index (Phi) is 2.51. The average molecular weight is 238 g/mol. The normalized spacial score (nSPS) is 27.5. The van der Waals surface area contributed by atoms with Gasteiger partial charge in [0.25, 0.3) is 0 Å². The van der Waals surface area contributed by atoms with Gasteiger partial charge < -0.3 is 14.6 Å². The van der Waals surface area contributed by atoms with E-state index in [1.54, 1.807) is 4.68 Å². The second-order valence-electron chi connectivity index (χ2n) is 4.46. The van der Waals surface area contributed by atoms with Gasteiger partial charge in [-0.3, -0.25) is 0 Å². The zero-order chi connectivity index (χ0) is 11.8. The predicted octanol–water partition coefficient (Wildman–Crippen LogP) is 0.769. The fraction of sp³-hybridized carbons (Fsp3) is 0.636. The minimum absolute atomic E-state index is 0.0447. The van der Waals surface area contributed by atoms with Crippen molar-refractivity contribution >= 4 is 5.97 Å². The maximum absolute atomic E-state index is 10.8. The van der Waals surface area contributed by atoms with Gasteiger partial charge in [0, 0.05) is 31.6 Å². The Balaban J connectivity index is 1.77. The molecule has 1 fully saturated rings. The van der Waals surface area contributed by atoms with E-state index < -0.39 is 5.97 Å². The quantitative estimate of drug-likeness (QED) is 0.823. The van der Waals surface area contributed by atoms with Crippen LogP contribution in [0.25, 0.3) is 0 Å². The number of carbonyl (C=O) groups is 1. The van der Waals surface area contributed by atoms with Crippen LogP contribution in [0.4, 0.5) is 0 Å². The lowest BCUT2D eigenvalue weighted by molar-refractivity contribution is 0.0684. The molecule has 92 valence electrons. The lowest BCUT2D eigenvalue weighted by Crippen LogP contribution is -2.33. The molecule has 1 saturated heterocycles. The number of rotatable bonds is 2. The maximum Gasteiger partial charge on any atom is 0.356 e. The highest BCUT2D eigenvalue weighted by molar-refractivity contribution is 5.85. The Morgan fingerprint density at radius 1 is 1.53 bits per heavy atom. The van der Waals surface area contributed by atoms with Crippen molar-refractivity contribution in [2.45, 2.75) is 25.5 Å². The van der Waals surface area contributed by atoms with Gasteiger partial charge in [0.15, 0.2) is 5.69 Å². The van der Waals surface area contributed by atoms with Gasteiger partial charge in [0.05, 0.1) is 6.61 Å². The molecular formula is C11H14N2O4. The summed E-state index contributed by atoms with van der Waals surface area (Å²) in [7, 11) is 0. The van der Waals surface area contributed by atoms with E-state index in [1.807, 2.05) is 0 Å². The summed E-state index contributed by atoms with van der Waals surface area (Å²) in [6.07, 6.45) is 2.01. The lowest BCUT2D eigenvalue weighted by Gasteiger charge is -2.28.